The zero-order chi connectivity index (χ0) is 15.3. The number of aliphatic hydroxyl groups is 1. The van der Waals surface area contributed by atoms with Crippen molar-refractivity contribution in [3.05, 3.63) is 27.7 Å². The van der Waals surface area contributed by atoms with Crippen LogP contribution in [0.15, 0.2) is 22.7 Å². The Balaban J connectivity index is 1.75. The molecule has 1 aliphatic heterocycles. The van der Waals surface area contributed by atoms with Crippen LogP contribution in [0.5, 0.6) is 5.75 Å². The molecule has 1 heterocycles. The molecule has 0 saturated carbocycles. The third-order valence-electron chi connectivity index (χ3n) is 3.61. The Morgan fingerprint density at radius 2 is 2.14 bits per heavy atom. The highest BCUT2D eigenvalue weighted by molar-refractivity contribution is 9.10. The summed E-state index contributed by atoms with van der Waals surface area (Å²) in [4.78, 5) is 2.09. The Labute approximate surface area is 139 Å². The third-order valence-corrected chi connectivity index (χ3v) is 4.47. The fourth-order valence-corrected chi connectivity index (χ4v) is 3.19. The Bertz CT molecular complexity index is 466. The predicted octanol–water partition coefficient (Wildman–Crippen LogP) is 2.95. The minimum atomic E-state index is -0.631. The normalized spacial score (nSPS) is 18.0. The third kappa shape index (κ3) is 5.42. The topological polar surface area (TPSA) is 41.9 Å². The molecule has 0 radical (unpaired) electrons. The quantitative estimate of drug-likeness (QED) is 0.826. The van der Waals surface area contributed by atoms with E-state index in [9.17, 15) is 5.11 Å². The van der Waals surface area contributed by atoms with Gasteiger partial charge in [0, 0.05) is 44.2 Å². The summed E-state index contributed by atoms with van der Waals surface area (Å²) in [7, 11) is 1.99. The molecule has 118 valence electrons. The lowest BCUT2D eigenvalue weighted by molar-refractivity contribution is -0.0775. The fraction of sp³-hybridized carbons (Fsp3) is 0.600. The van der Waals surface area contributed by atoms with Crippen LogP contribution in [-0.4, -0.2) is 55.6 Å². The number of hydrogen-bond donors (Lipinski definition) is 1. The fourth-order valence-electron chi connectivity index (χ4n) is 2.39. The van der Waals surface area contributed by atoms with Crippen molar-refractivity contribution < 1.29 is 14.6 Å². The van der Waals surface area contributed by atoms with Gasteiger partial charge in [-0.15, -0.1) is 0 Å². The van der Waals surface area contributed by atoms with Gasteiger partial charge in [-0.05, 0) is 41.2 Å². The first-order valence-electron chi connectivity index (χ1n) is 7.05. The van der Waals surface area contributed by atoms with Crippen LogP contribution >= 0.6 is 27.5 Å². The zero-order valence-corrected chi connectivity index (χ0v) is 14.5. The van der Waals surface area contributed by atoms with E-state index in [-0.39, 0.29) is 0 Å². The van der Waals surface area contributed by atoms with Crippen molar-refractivity contribution >= 4 is 27.5 Å². The van der Waals surface area contributed by atoms with E-state index in [4.69, 9.17) is 21.1 Å². The van der Waals surface area contributed by atoms with Gasteiger partial charge in [-0.3, -0.25) is 0 Å². The van der Waals surface area contributed by atoms with Gasteiger partial charge < -0.3 is 19.5 Å². The molecule has 1 aromatic carbocycles. The molecule has 0 spiro atoms. The zero-order valence-electron chi connectivity index (χ0n) is 12.1. The van der Waals surface area contributed by atoms with Crippen molar-refractivity contribution in [2.75, 3.05) is 40.0 Å². The molecule has 21 heavy (non-hydrogen) atoms. The molecule has 4 nitrogen and oxygen atoms in total. The van der Waals surface area contributed by atoms with E-state index in [1.807, 2.05) is 19.2 Å². The molecule has 0 aliphatic carbocycles. The smallest absolute Gasteiger partial charge is 0.133 e. The van der Waals surface area contributed by atoms with Crippen LogP contribution in [0, 0.1) is 0 Å². The Kier molecular flexibility index (Phi) is 6.32. The number of halogens is 2. The molecule has 0 atom stereocenters. The van der Waals surface area contributed by atoms with Crippen molar-refractivity contribution in [2.24, 2.45) is 0 Å². The minimum absolute atomic E-state index is 0.559. The van der Waals surface area contributed by atoms with E-state index < -0.39 is 5.60 Å². The van der Waals surface area contributed by atoms with E-state index in [1.54, 1.807) is 6.07 Å². The summed E-state index contributed by atoms with van der Waals surface area (Å²) >= 11 is 9.32. The summed E-state index contributed by atoms with van der Waals surface area (Å²) in [5.41, 5.74) is -0.631. The number of hydrogen-bond acceptors (Lipinski definition) is 4. The summed E-state index contributed by atoms with van der Waals surface area (Å²) < 4.78 is 11.9. The molecule has 6 heteroatoms. The van der Waals surface area contributed by atoms with Crippen LogP contribution in [0.25, 0.3) is 0 Å². The first-order chi connectivity index (χ1) is 9.98. The minimum Gasteiger partial charge on any atom is -0.491 e. The van der Waals surface area contributed by atoms with Crippen molar-refractivity contribution in [3.8, 4) is 5.75 Å². The standard InChI is InChI=1S/C15H21BrClNO3/c1-18(11-15(19)4-7-20-8-5-15)6-9-21-14-3-2-12(17)10-13(14)16/h2-3,10,19H,4-9,11H2,1H3. The second-order valence-corrected chi connectivity index (χ2v) is 6.79. The largest absolute Gasteiger partial charge is 0.491 e. The summed E-state index contributed by atoms with van der Waals surface area (Å²) in [6.07, 6.45) is 1.39. The van der Waals surface area contributed by atoms with E-state index in [0.29, 0.717) is 44.2 Å². The van der Waals surface area contributed by atoms with Crippen molar-refractivity contribution in [1.82, 2.24) is 4.90 Å². The monoisotopic (exact) mass is 377 g/mol. The maximum absolute atomic E-state index is 10.4. The Hall–Kier alpha value is -0.330. The molecule has 0 bridgehead atoms. The molecular formula is C15H21BrClNO3. The summed E-state index contributed by atoms with van der Waals surface area (Å²) in [5, 5.41) is 11.1. The van der Waals surface area contributed by atoms with E-state index >= 15 is 0 Å². The van der Waals surface area contributed by atoms with E-state index in [2.05, 4.69) is 20.8 Å². The lowest BCUT2D eigenvalue weighted by Crippen LogP contribution is -2.46. The van der Waals surface area contributed by atoms with E-state index in [0.717, 1.165) is 16.8 Å². The SMILES string of the molecule is CN(CCOc1ccc(Cl)cc1Br)CC1(O)CCOCC1. The predicted molar refractivity (Wildman–Crippen MR) is 87.1 cm³/mol. The van der Waals surface area contributed by atoms with Gasteiger partial charge >= 0.3 is 0 Å². The average Bonchev–Trinajstić information content (AvgIpc) is 2.41. The number of ether oxygens (including phenoxy) is 2. The molecule has 1 N–H and O–H groups in total. The molecular weight excluding hydrogens is 358 g/mol. The molecule has 1 saturated heterocycles. The van der Waals surface area contributed by atoms with Crippen molar-refractivity contribution in [1.29, 1.82) is 0 Å². The highest BCUT2D eigenvalue weighted by atomic mass is 79.9. The Morgan fingerprint density at radius 1 is 1.43 bits per heavy atom. The van der Waals surface area contributed by atoms with Gasteiger partial charge in [-0.2, -0.15) is 0 Å². The molecule has 1 fully saturated rings. The molecule has 1 aromatic rings. The maximum atomic E-state index is 10.4. The second kappa shape index (κ2) is 7.79. The van der Waals surface area contributed by atoms with Gasteiger partial charge in [-0.25, -0.2) is 0 Å². The van der Waals surface area contributed by atoms with Crippen LogP contribution < -0.4 is 4.74 Å². The van der Waals surface area contributed by atoms with Crippen molar-refractivity contribution in [2.45, 2.75) is 18.4 Å². The highest BCUT2D eigenvalue weighted by Gasteiger charge is 2.30. The molecule has 2 rings (SSSR count). The number of rotatable bonds is 6. The van der Waals surface area contributed by atoms with Gasteiger partial charge in [0.25, 0.3) is 0 Å². The lowest BCUT2D eigenvalue weighted by atomic mass is 9.94. The van der Waals surface area contributed by atoms with Crippen LogP contribution in [0.4, 0.5) is 0 Å². The van der Waals surface area contributed by atoms with Crippen LogP contribution in [-0.2, 0) is 4.74 Å². The molecule has 1 aliphatic rings. The maximum Gasteiger partial charge on any atom is 0.133 e. The van der Waals surface area contributed by atoms with Gasteiger partial charge in [0.15, 0.2) is 0 Å². The summed E-state index contributed by atoms with van der Waals surface area (Å²) in [6.45, 7) is 3.22. The van der Waals surface area contributed by atoms with Crippen LogP contribution in [0.3, 0.4) is 0 Å². The average molecular weight is 379 g/mol. The second-order valence-electron chi connectivity index (χ2n) is 5.50. The first kappa shape index (κ1) is 17.0. The van der Waals surface area contributed by atoms with Gasteiger partial charge in [0.05, 0.1) is 10.1 Å². The van der Waals surface area contributed by atoms with Gasteiger partial charge in [0.2, 0.25) is 0 Å². The summed E-state index contributed by atoms with van der Waals surface area (Å²) in [5.74, 6) is 0.776. The molecule has 0 aromatic heterocycles. The van der Waals surface area contributed by atoms with Crippen molar-refractivity contribution in [3.63, 3.8) is 0 Å². The number of likely N-dealkylation sites (N-methyl/N-ethyl adjacent to an activating group) is 1. The van der Waals surface area contributed by atoms with Gasteiger partial charge in [-0.1, -0.05) is 11.6 Å². The number of nitrogens with zero attached hydrogens (tertiary/aromatic N) is 1. The number of benzene rings is 1. The first-order valence-corrected chi connectivity index (χ1v) is 8.22. The molecule has 0 amide bonds. The highest BCUT2D eigenvalue weighted by Crippen LogP contribution is 2.28. The molecule has 0 unspecified atom stereocenters. The van der Waals surface area contributed by atoms with Crippen LogP contribution in [0.1, 0.15) is 12.8 Å². The van der Waals surface area contributed by atoms with E-state index in [1.165, 1.54) is 0 Å². The van der Waals surface area contributed by atoms with Gasteiger partial charge in [0.1, 0.15) is 12.4 Å². The van der Waals surface area contributed by atoms with Crippen LogP contribution in [0.2, 0.25) is 5.02 Å². The summed E-state index contributed by atoms with van der Waals surface area (Å²) in [6, 6.07) is 5.46. The lowest BCUT2D eigenvalue weighted by Gasteiger charge is -2.35. The Morgan fingerprint density at radius 3 is 2.81 bits per heavy atom.